The summed E-state index contributed by atoms with van der Waals surface area (Å²) in [5.74, 6) is -0.0340. The summed E-state index contributed by atoms with van der Waals surface area (Å²) in [7, 11) is 0. The lowest BCUT2D eigenvalue weighted by molar-refractivity contribution is -0.122. The molecule has 0 bridgehead atoms. The lowest BCUT2D eigenvalue weighted by Gasteiger charge is -2.21. The molecule has 0 heterocycles. The van der Waals surface area contributed by atoms with Gasteiger partial charge in [0.15, 0.2) is 0 Å². The fourth-order valence-electron chi connectivity index (χ4n) is 2.50. The number of nitrogens with one attached hydrogen (secondary N) is 1. The van der Waals surface area contributed by atoms with Crippen LogP contribution in [0.5, 0.6) is 0 Å². The number of carbonyl (C=O) groups excluding carboxylic acids is 1. The molecule has 0 spiro atoms. The quantitative estimate of drug-likeness (QED) is 0.837. The smallest absolute Gasteiger partial charge is 0.224 e. The summed E-state index contributed by atoms with van der Waals surface area (Å²) in [5.41, 5.74) is 0.935. The lowest BCUT2D eigenvalue weighted by Crippen LogP contribution is -2.43. The number of aliphatic hydroxyl groups is 1. The molecule has 1 fully saturated rings. The summed E-state index contributed by atoms with van der Waals surface area (Å²) in [6.07, 6.45) is 4.84. The molecule has 1 amide bonds. The Morgan fingerprint density at radius 1 is 1.21 bits per heavy atom. The molecule has 1 aliphatic carbocycles. The standard InChI is InChI=1S/C15H20ClNO2/c16-12-8-6-11(7-9-12)10-15(19)17-13-4-2-1-3-5-14(13)18/h6-9,13-14,18H,1-5,10H2,(H,17,19). The molecule has 104 valence electrons. The summed E-state index contributed by atoms with van der Waals surface area (Å²) in [6, 6.07) is 7.17. The van der Waals surface area contributed by atoms with Crippen LogP contribution in [0.15, 0.2) is 24.3 Å². The lowest BCUT2D eigenvalue weighted by atomic mass is 10.1. The Morgan fingerprint density at radius 2 is 1.89 bits per heavy atom. The van der Waals surface area contributed by atoms with Crippen molar-refractivity contribution in [2.75, 3.05) is 0 Å². The van der Waals surface area contributed by atoms with Gasteiger partial charge in [-0.25, -0.2) is 0 Å². The van der Waals surface area contributed by atoms with Crippen LogP contribution in [-0.2, 0) is 11.2 Å². The van der Waals surface area contributed by atoms with Crippen LogP contribution in [-0.4, -0.2) is 23.2 Å². The third kappa shape index (κ3) is 4.51. The third-order valence-corrected chi connectivity index (χ3v) is 3.86. The number of halogens is 1. The second-order valence-corrected chi connectivity index (χ2v) is 5.62. The van der Waals surface area contributed by atoms with Gasteiger partial charge in [-0.15, -0.1) is 0 Å². The van der Waals surface area contributed by atoms with Crippen LogP contribution >= 0.6 is 11.6 Å². The minimum atomic E-state index is -0.406. The van der Waals surface area contributed by atoms with E-state index in [1.807, 2.05) is 12.1 Å². The van der Waals surface area contributed by atoms with E-state index in [-0.39, 0.29) is 11.9 Å². The van der Waals surface area contributed by atoms with Crippen molar-refractivity contribution < 1.29 is 9.90 Å². The van der Waals surface area contributed by atoms with E-state index in [4.69, 9.17) is 11.6 Å². The highest BCUT2D eigenvalue weighted by Gasteiger charge is 2.22. The first-order valence-corrected chi connectivity index (χ1v) is 7.25. The number of carbonyl (C=O) groups is 1. The molecule has 2 atom stereocenters. The van der Waals surface area contributed by atoms with Crippen LogP contribution in [0.1, 0.15) is 37.7 Å². The van der Waals surface area contributed by atoms with E-state index in [1.54, 1.807) is 12.1 Å². The Bertz CT molecular complexity index is 419. The van der Waals surface area contributed by atoms with Crippen molar-refractivity contribution in [2.45, 2.75) is 50.7 Å². The van der Waals surface area contributed by atoms with Crippen molar-refractivity contribution in [1.82, 2.24) is 5.32 Å². The Morgan fingerprint density at radius 3 is 2.63 bits per heavy atom. The molecule has 2 unspecified atom stereocenters. The van der Waals surface area contributed by atoms with E-state index >= 15 is 0 Å². The summed E-state index contributed by atoms with van der Waals surface area (Å²) < 4.78 is 0. The van der Waals surface area contributed by atoms with E-state index in [9.17, 15) is 9.90 Å². The van der Waals surface area contributed by atoms with Crippen LogP contribution in [0.3, 0.4) is 0 Å². The van der Waals surface area contributed by atoms with Crippen molar-refractivity contribution in [2.24, 2.45) is 0 Å². The number of rotatable bonds is 3. The van der Waals surface area contributed by atoms with Gasteiger partial charge in [0.25, 0.3) is 0 Å². The van der Waals surface area contributed by atoms with Gasteiger partial charge in [0.2, 0.25) is 5.91 Å². The molecule has 2 rings (SSSR count). The van der Waals surface area contributed by atoms with Gasteiger partial charge in [0.1, 0.15) is 0 Å². The van der Waals surface area contributed by atoms with E-state index < -0.39 is 6.10 Å². The molecule has 1 aromatic carbocycles. The monoisotopic (exact) mass is 281 g/mol. The summed E-state index contributed by atoms with van der Waals surface area (Å²) in [5, 5.41) is 13.6. The number of benzene rings is 1. The van der Waals surface area contributed by atoms with Gasteiger partial charge in [-0.1, -0.05) is 43.0 Å². The van der Waals surface area contributed by atoms with Gasteiger partial charge in [-0.3, -0.25) is 4.79 Å². The zero-order valence-electron chi connectivity index (χ0n) is 10.9. The number of amides is 1. The maximum absolute atomic E-state index is 12.0. The van der Waals surface area contributed by atoms with Crippen molar-refractivity contribution in [1.29, 1.82) is 0 Å². The molecule has 0 saturated heterocycles. The van der Waals surface area contributed by atoms with Crippen LogP contribution in [0.2, 0.25) is 5.02 Å². The highest BCUT2D eigenvalue weighted by atomic mass is 35.5. The van der Waals surface area contributed by atoms with Crippen LogP contribution in [0, 0.1) is 0 Å². The molecule has 1 aliphatic rings. The van der Waals surface area contributed by atoms with Gasteiger partial charge >= 0.3 is 0 Å². The first-order chi connectivity index (χ1) is 9.15. The Balaban J connectivity index is 1.87. The topological polar surface area (TPSA) is 49.3 Å². The summed E-state index contributed by atoms with van der Waals surface area (Å²) in [4.78, 5) is 12.0. The van der Waals surface area contributed by atoms with Crippen molar-refractivity contribution in [3.8, 4) is 0 Å². The maximum Gasteiger partial charge on any atom is 0.224 e. The highest BCUT2D eigenvalue weighted by Crippen LogP contribution is 2.18. The van der Waals surface area contributed by atoms with Gasteiger partial charge in [0, 0.05) is 5.02 Å². The van der Waals surface area contributed by atoms with Crippen LogP contribution in [0.25, 0.3) is 0 Å². The minimum absolute atomic E-state index is 0.0340. The Kier molecular flexibility index (Phi) is 5.23. The zero-order chi connectivity index (χ0) is 13.7. The molecule has 1 aromatic rings. The van der Waals surface area contributed by atoms with E-state index in [1.165, 1.54) is 0 Å². The first-order valence-electron chi connectivity index (χ1n) is 6.87. The molecule has 1 saturated carbocycles. The fourth-order valence-corrected chi connectivity index (χ4v) is 2.63. The van der Waals surface area contributed by atoms with Gasteiger partial charge in [0.05, 0.1) is 18.6 Å². The minimum Gasteiger partial charge on any atom is -0.391 e. The molecule has 2 N–H and O–H groups in total. The predicted octanol–water partition coefficient (Wildman–Crippen LogP) is 2.69. The third-order valence-electron chi connectivity index (χ3n) is 3.60. The van der Waals surface area contributed by atoms with E-state index in [0.717, 1.165) is 37.7 Å². The molecule has 0 aliphatic heterocycles. The SMILES string of the molecule is O=C(Cc1ccc(Cl)cc1)NC1CCCCCC1O. The largest absolute Gasteiger partial charge is 0.391 e. The zero-order valence-corrected chi connectivity index (χ0v) is 11.7. The second-order valence-electron chi connectivity index (χ2n) is 5.18. The van der Waals surface area contributed by atoms with E-state index in [0.29, 0.717) is 11.4 Å². The number of aliphatic hydroxyl groups excluding tert-OH is 1. The second kappa shape index (κ2) is 6.92. The normalized spacial score (nSPS) is 23.7. The molecule has 4 heteroatoms. The van der Waals surface area contributed by atoms with Crippen LogP contribution < -0.4 is 5.32 Å². The van der Waals surface area contributed by atoms with Crippen molar-refractivity contribution >= 4 is 17.5 Å². The highest BCUT2D eigenvalue weighted by molar-refractivity contribution is 6.30. The van der Waals surface area contributed by atoms with Gasteiger partial charge in [-0.2, -0.15) is 0 Å². The van der Waals surface area contributed by atoms with Crippen molar-refractivity contribution in [3.63, 3.8) is 0 Å². The summed E-state index contributed by atoms with van der Waals surface area (Å²) >= 11 is 5.81. The van der Waals surface area contributed by atoms with Crippen LogP contribution in [0.4, 0.5) is 0 Å². The average molecular weight is 282 g/mol. The Hall–Kier alpha value is -1.06. The predicted molar refractivity (Wildman–Crippen MR) is 76.2 cm³/mol. The number of hydrogen-bond acceptors (Lipinski definition) is 2. The number of hydrogen-bond donors (Lipinski definition) is 2. The average Bonchev–Trinajstić information content (AvgIpc) is 2.58. The maximum atomic E-state index is 12.0. The van der Waals surface area contributed by atoms with E-state index in [2.05, 4.69) is 5.32 Å². The summed E-state index contributed by atoms with van der Waals surface area (Å²) in [6.45, 7) is 0. The molecule has 19 heavy (non-hydrogen) atoms. The first kappa shape index (κ1) is 14.4. The molecule has 0 aromatic heterocycles. The molecular formula is C15H20ClNO2. The van der Waals surface area contributed by atoms with Gasteiger partial charge < -0.3 is 10.4 Å². The molecular weight excluding hydrogens is 262 g/mol. The van der Waals surface area contributed by atoms with Gasteiger partial charge in [-0.05, 0) is 30.5 Å². The fraction of sp³-hybridized carbons (Fsp3) is 0.533. The van der Waals surface area contributed by atoms with Crippen molar-refractivity contribution in [3.05, 3.63) is 34.9 Å². The molecule has 3 nitrogen and oxygen atoms in total. The Labute approximate surface area is 119 Å². The molecule has 0 radical (unpaired) electrons.